The number of rotatable bonds is 5. The van der Waals surface area contributed by atoms with Crippen molar-refractivity contribution in [3.8, 4) is 0 Å². The third kappa shape index (κ3) is 3.62. The van der Waals surface area contributed by atoms with Crippen molar-refractivity contribution >= 4 is 9.84 Å². The highest BCUT2D eigenvalue weighted by atomic mass is 32.2. The molecule has 2 rings (SSSR count). The van der Waals surface area contributed by atoms with E-state index in [1.165, 1.54) is 6.07 Å². The highest BCUT2D eigenvalue weighted by molar-refractivity contribution is 7.91. The van der Waals surface area contributed by atoms with Gasteiger partial charge in [-0.1, -0.05) is 36.4 Å². The van der Waals surface area contributed by atoms with Crippen LogP contribution in [0.25, 0.3) is 0 Å². The van der Waals surface area contributed by atoms with Crippen molar-refractivity contribution in [3.05, 3.63) is 72.3 Å². The maximum atomic E-state index is 12.9. The summed E-state index contributed by atoms with van der Waals surface area (Å²) in [5.41, 5.74) is -2.95. The summed E-state index contributed by atoms with van der Waals surface area (Å²) in [7, 11) is -3.90. The monoisotopic (exact) mass is 370 g/mol. The molecule has 0 fully saturated rings. The number of hydrogen-bond donors (Lipinski definition) is 1. The zero-order valence-corrected chi connectivity index (χ0v) is 14.2. The Morgan fingerprint density at radius 3 is 2.16 bits per heavy atom. The first-order valence-electron chi connectivity index (χ1n) is 7.35. The summed E-state index contributed by atoms with van der Waals surface area (Å²) in [4.78, 5) is -0.0732. The van der Waals surface area contributed by atoms with Crippen molar-refractivity contribution < 1.29 is 26.7 Å². The van der Waals surface area contributed by atoms with Crippen LogP contribution in [0.2, 0.25) is 0 Å². The molecular weight excluding hydrogens is 353 g/mol. The second-order valence-electron chi connectivity index (χ2n) is 5.70. The molecule has 2 aromatic carbocycles. The molecule has 0 aliphatic heterocycles. The van der Waals surface area contributed by atoms with Crippen molar-refractivity contribution in [1.29, 1.82) is 0 Å². The Hall–Kier alpha value is -2.12. The third-order valence-electron chi connectivity index (χ3n) is 3.91. The van der Waals surface area contributed by atoms with Crippen molar-refractivity contribution in [2.45, 2.75) is 34.9 Å². The van der Waals surface area contributed by atoms with Gasteiger partial charge in [0.25, 0.3) is 0 Å². The van der Waals surface area contributed by atoms with Crippen LogP contribution in [0.4, 0.5) is 13.2 Å². The fourth-order valence-electron chi connectivity index (χ4n) is 2.34. The van der Waals surface area contributed by atoms with Gasteiger partial charge in [-0.15, -0.1) is 6.58 Å². The van der Waals surface area contributed by atoms with Gasteiger partial charge in [-0.3, -0.25) is 0 Å². The van der Waals surface area contributed by atoms with E-state index in [1.807, 2.05) is 0 Å². The molecule has 1 atom stereocenters. The Labute approximate surface area is 144 Å². The summed E-state index contributed by atoms with van der Waals surface area (Å²) < 4.78 is 64.2. The summed E-state index contributed by atoms with van der Waals surface area (Å²) in [6.07, 6.45) is -2.96. The molecule has 134 valence electrons. The van der Waals surface area contributed by atoms with Crippen LogP contribution in [0.5, 0.6) is 0 Å². The topological polar surface area (TPSA) is 54.4 Å². The van der Waals surface area contributed by atoms with Crippen molar-refractivity contribution in [2.24, 2.45) is 0 Å². The second-order valence-corrected chi connectivity index (χ2v) is 7.62. The minimum Gasteiger partial charge on any atom is -0.376 e. The average Bonchev–Trinajstić information content (AvgIpc) is 2.54. The predicted molar refractivity (Wildman–Crippen MR) is 87.9 cm³/mol. The molecule has 0 spiro atoms. The van der Waals surface area contributed by atoms with Crippen LogP contribution in [0.1, 0.15) is 18.1 Å². The Bertz CT molecular complexity index is 867. The third-order valence-corrected chi connectivity index (χ3v) is 5.78. The SMILES string of the molecule is C=CCc1ccccc1S(=O)(=O)c1ccc(C(C)(O)C(F)(F)F)cc1. The molecule has 0 amide bonds. The van der Waals surface area contributed by atoms with Crippen LogP contribution in [0, 0.1) is 0 Å². The van der Waals surface area contributed by atoms with Gasteiger partial charge in [0.15, 0.2) is 5.60 Å². The van der Waals surface area contributed by atoms with Gasteiger partial charge >= 0.3 is 6.18 Å². The van der Waals surface area contributed by atoms with Crippen LogP contribution >= 0.6 is 0 Å². The van der Waals surface area contributed by atoms with Gasteiger partial charge in [0.1, 0.15) is 0 Å². The molecule has 0 aliphatic rings. The number of alkyl halides is 3. The lowest BCUT2D eigenvalue weighted by Crippen LogP contribution is -2.39. The van der Waals surface area contributed by atoms with Crippen LogP contribution in [0.3, 0.4) is 0 Å². The van der Waals surface area contributed by atoms with Crippen LogP contribution < -0.4 is 0 Å². The Morgan fingerprint density at radius 2 is 1.64 bits per heavy atom. The molecule has 0 saturated carbocycles. The normalized spacial score (nSPS) is 14.8. The first-order chi connectivity index (χ1) is 11.5. The van der Waals surface area contributed by atoms with E-state index in [2.05, 4.69) is 6.58 Å². The predicted octanol–water partition coefficient (Wildman–Crippen LogP) is 4.02. The largest absolute Gasteiger partial charge is 0.421 e. The van der Waals surface area contributed by atoms with Gasteiger partial charge in [-0.25, -0.2) is 8.42 Å². The minimum atomic E-state index is -4.87. The van der Waals surface area contributed by atoms with Crippen molar-refractivity contribution in [2.75, 3.05) is 0 Å². The zero-order chi connectivity index (χ0) is 18.9. The first-order valence-corrected chi connectivity index (χ1v) is 8.83. The maximum Gasteiger partial charge on any atom is 0.421 e. The molecule has 0 aliphatic carbocycles. The van der Waals surface area contributed by atoms with Gasteiger partial charge in [-0.05, 0) is 42.7 Å². The summed E-state index contributed by atoms with van der Waals surface area (Å²) in [6, 6.07) is 10.4. The first kappa shape index (κ1) is 19.2. The molecular formula is C18H17F3O3S. The molecule has 7 heteroatoms. The van der Waals surface area contributed by atoms with Crippen LogP contribution in [-0.4, -0.2) is 19.7 Å². The van der Waals surface area contributed by atoms with E-state index in [9.17, 15) is 26.7 Å². The smallest absolute Gasteiger partial charge is 0.376 e. The number of sulfone groups is 1. The highest BCUT2D eigenvalue weighted by Crippen LogP contribution is 2.39. The Balaban J connectivity index is 2.48. The summed E-state index contributed by atoms with van der Waals surface area (Å²) >= 11 is 0. The lowest BCUT2D eigenvalue weighted by molar-refractivity contribution is -0.258. The molecule has 0 aromatic heterocycles. The molecule has 0 bridgehead atoms. The van der Waals surface area contributed by atoms with Gasteiger partial charge in [0.05, 0.1) is 9.79 Å². The van der Waals surface area contributed by atoms with E-state index >= 15 is 0 Å². The zero-order valence-electron chi connectivity index (χ0n) is 13.4. The van der Waals surface area contributed by atoms with E-state index in [0.717, 1.165) is 24.3 Å². The standard InChI is InChI=1S/C18H17F3O3S/c1-3-6-13-7-4-5-8-16(13)25(23,24)15-11-9-14(10-12-15)17(2,22)18(19,20)21/h3-5,7-12,22H,1,6H2,2H3. The fraction of sp³-hybridized carbons (Fsp3) is 0.222. The molecule has 0 heterocycles. The second kappa shape index (κ2) is 6.65. The summed E-state index contributed by atoms with van der Waals surface area (Å²) in [6.45, 7) is 4.21. The minimum absolute atomic E-state index is 0.0743. The van der Waals surface area contributed by atoms with Gasteiger partial charge in [-0.2, -0.15) is 13.2 Å². The van der Waals surface area contributed by atoms with Crippen molar-refractivity contribution in [1.82, 2.24) is 0 Å². The number of hydrogen-bond acceptors (Lipinski definition) is 3. The van der Waals surface area contributed by atoms with Crippen LogP contribution in [0.15, 0.2) is 71.0 Å². The average molecular weight is 370 g/mol. The number of allylic oxidation sites excluding steroid dienone is 1. The molecule has 1 N–H and O–H groups in total. The van der Waals surface area contributed by atoms with Crippen molar-refractivity contribution in [3.63, 3.8) is 0 Å². The number of benzene rings is 2. The van der Waals surface area contributed by atoms with Crippen LogP contribution in [-0.2, 0) is 21.9 Å². The quantitative estimate of drug-likeness (QED) is 0.809. The highest BCUT2D eigenvalue weighted by Gasteiger charge is 2.51. The van der Waals surface area contributed by atoms with Gasteiger partial charge < -0.3 is 5.11 Å². The van der Waals surface area contributed by atoms with Gasteiger partial charge in [0.2, 0.25) is 9.84 Å². The summed E-state index contributed by atoms with van der Waals surface area (Å²) in [5, 5.41) is 9.66. The number of halogens is 3. The molecule has 2 aromatic rings. The van der Waals surface area contributed by atoms with E-state index in [4.69, 9.17) is 0 Å². The van der Waals surface area contributed by atoms with E-state index < -0.39 is 27.2 Å². The molecule has 0 saturated heterocycles. The van der Waals surface area contributed by atoms with E-state index in [1.54, 1.807) is 24.3 Å². The number of aliphatic hydroxyl groups is 1. The molecule has 25 heavy (non-hydrogen) atoms. The molecule has 1 unspecified atom stereocenters. The maximum absolute atomic E-state index is 12.9. The molecule has 0 radical (unpaired) electrons. The fourth-order valence-corrected chi connectivity index (χ4v) is 3.84. The summed E-state index contributed by atoms with van der Waals surface area (Å²) in [5.74, 6) is 0. The Morgan fingerprint density at radius 1 is 1.08 bits per heavy atom. The van der Waals surface area contributed by atoms with E-state index in [0.29, 0.717) is 18.9 Å². The Kier molecular flexibility index (Phi) is 5.11. The lowest BCUT2D eigenvalue weighted by atomic mass is 9.96. The van der Waals surface area contributed by atoms with E-state index in [-0.39, 0.29) is 9.79 Å². The lowest BCUT2D eigenvalue weighted by Gasteiger charge is -2.26. The van der Waals surface area contributed by atoms with Gasteiger partial charge in [0, 0.05) is 0 Å². The molecule has 3 nitrogen and oxygen atoms in total.